The van der Waals surface area contributed by atoms with Crippen molar-refractivity contribution in [3.63, 3.8) is 0 Å². The highest BCUT2D eigenvalue weighted by atomic mass is 31.1. The van der Waals surface area contributed by atoms with E-state index in [-0.39, 0.29) is 19.3 Å². The Morgan fingerprint density at radius 1 is 1.25 bits per heavy atom. The van der Waals surface area contributed by atoms with E-state index in [1.807, 2.05) is 0 Å². The minimum Gasteiger partial charge on any atom is -0.481 e. The van der Waals surface area contributed by atoms with Gasteiger partial charge in [-0.15, -0.1) is 0 Å². The topological polar surface area (TPSA) is 118 Å². The van der Waals surface area contributed by atoms with Gasteiger partial charge in [-0.25, -0.2) is 0 Å². The molecule has 6 nitrogen and oxygen atoms in total. The highest BCUT2D eigenvalue weighted by Crippen LogP contribution is 2.37. The van der Waals surface area contributed by atoms with Gasteiger partial charge in [0, 0.05) is 12.8 Å². The lowest BCUT2D eigenvalue weighted by molar-refractivity contribution is -0.148. The minimum atomic E-state index is -1.77. The zero-order chi connectivity index (χ0) is 15.6. The van der Waals surface area contributed by atoms with Crippen molar-refractivity contribution in [2.75, 3.05) is 0 Å². The lowest BCUT2D eigenvalue weighted by Crippen LogP contribution is -2.38. The number of carboxylic acids is 1. The molecule has 0 aliphatic heterocycles. The van der Waals surface area contributed by atoms with Gasteiger partial charge in [0.2, 0.25) is 5.91 Å². The van der Waals surface area contributed by atoms with E-state index in [9.17, 15) is 19.3 Å². The van der Waals surface area contributed by atoms with E-state index in [0.717, 1.165) is 25.7 Å². The predicted molar refractivity (Wildman–Crippen MR) is 76.9 cm³/mol. The molecule has 3 unspecified atom stereocenters. The molecule has 0 spiro atoms. The summed E-state index contributed by atoms with van der Waals surface area (Å²) in [4.78, 5) is 22.0. The molecule has 20 heavy (non-hydrogen) atoms. The number of amides is 1. The van der Waals surface area contributed by atoms with Crippen molar-refractivity contribution < 1.29 is 24.4 Å². The van der Waals surface area contributed by atoms with Gasteiger partial charge in [0.1, 0.15) is 5.92 Å². The van der Waals surface area contributed by atoms with Gasteiger partial charge in [-0.3, -0.25) is 9.59 Å². The number of aliphatic hydroxyl groups is 1. The van der Waals surface area contributed by atoms with Gasteiger partial charge < -0.3 is 15.9 Å². The normalized spacial score (nSPS) is 15.7. The first-order valence-electron chi connectivity index (χ1n) is 7.00. The van der Waals surface area contributed by atoms with Crippen LogP contribution in [-0.4, -0.2) is 27.4 Å². The average Bonchev–Trinajstić information content (AvgIpc) is 2.37. The predicted octanol–water partition coefficient (Wildman–Crippen LogP) is 2.03. The van der Waals surface area contributed by atoms with Crippen LogP contribution in [0.4, 0.5) is 0 Å². The molecule has 0 aromatic heterocycles. The first-order chi connectivity index (χ1) is 9.37. The van der Waals surface area contributed by atoms with Crippen LogP contribution in [0.2, 0.25) is 0 Å². The van der Waals surface area contributed by atoms with Crippen molar-refractivity contribution in [3.8, 4) is 0 Å². The number of aliphatic carboxylic acids is 1. The van der Waals surface area contributed by atoms with E-state index in [4.69, 9.17) is 10.8 Å². The van der Waals surface area contributed by atoms with Crippen LogP contribution < -0.4 is 5.73 Å². The number of primary amides is 1. The highest BCUT2D eigenvalue weighted by Gasteiger charge is 2.48. The smallest absolute Gasteiger partial charge is 0.360 e. The maximum absolute atomic E-state index is 11.3. The summed E-state index contributed by atoms with van der Waals surface area (Å²) >= 11 is 0. The van der Waals surface area contributed by atoms with E-state index in [1.54, 1.807) is 0 Å². The molecule has 1 amide bonds. The zero-order valence-electron chi connectivity index (χ0n) is 11.9. The number of unbranched alkanes of at least 4 members (excludes halogenated alkanes) is 4. The summed E-state index contributed by atoms with van der Waals surface area (Å²) in [5.74, 6) is -3.10. The molecule has 0 fully saturated rings. The lowest BCUT2D eigenvalue weighted by Gasteiger charge is -2.21. The van der Waals surface area contributed by atoms with Gasteiger partial charge in [-0.1, -0.05) is 37.2 Å². The Morgan fingerprint density at radius 2 is 1.85 bits per heavy atom. The minimum absolute atomic E-state index is 0.0919. The number of carbonyl (C=O) groups excluding carboxylic acids is 1. The molecule has 7 heteroatoms. The van der Waals surface area contributed by atoms with Crippen LogP contribution in [0, 0.1) is 5.92 Å². The van der Waals surface area contributed by atoms with Gasteiger partial charge in [0.15, 0.2) is 0 Å². The molecule has 0 rings (SSSR count). The van der Waals surface area contributed by atoms with Gasteiger partial charge >= 0.3 is 14.4 Å². The monoisotopic (exact) mass is 306 g/mol. The molecule has 0 saturated carbocycles. The number of carbonyl (C=O) groups is 2. The Kier molecular flexibility index (Phi) is 9.34. The van der Waals surface area contributed by atoms with Crippen molar-refractivity contribution in [2.45, 2.75) is 63.6 Å². The number of nitrogens with two attached hydrogens (primary N) is 1. The van der Waals surface area contributed by atoms with Crippen molar-refractivity contribution in [1.29, 1.82) is 0 Å². The summed E-state index contributed by atoms with van der Waals surface area (Å²) in [7, 11) is -1.14. The third-order valence-corrected chi connectivity index (χ3v) is 4.34. The maximum Gasteiger partial charge on any atom is 0.360 e. The SMILES string of the molecule is CCCCCCCC(O)([PH+]=O)C(CCC(N)=O)C(=O)O. The number of hydrogen-bond acceptors (Lipinski definition) is 4. The van der Waals surface area contributed by atoms with Crippen LogP contribution in [0.5, 0.6) is 0 Å². The molecule has 0 radical (unpaired) electrons. The van der Waals surface area contributed by atoms with Crippen LogP contribution in [0.3, 0.4) is 0 Å². The first-order valence-corrected chi connectivity index (χ1v) is 7.91. The third kappa shape index (κ3) is 6.96. The van der Waals surface area contributed by atoms with E-state index >= 15 is 0 Å². The number of carboxylic acid groups (broad SMARTS) is 1. The van der Waals surface area contributed by atoms with Crippen molar-refractivity contribution in [3.05, 3.63) is 0 Å². The standard InChI is InChI=1S/C13H24NO5P/c1-2-3-4-5-6-9-13(18,20-19)10(12(16)17)7-8-11(14)15/h10,18H,2-9H2,1H3,(H2,14,15)(H,16,17)/p+1. The van der Waals surface area contributed by atoms with Crippen molar-refractivity contribution >= 4 is 20.3 Å². The molecule has 4 N–H and O–H groups in total. The number of hydrogen-bond donors (Lipinski definition) is 3. The highest BCUT2D eigenvalue weighted by molar-refractivity contribution is 7.25. The Labute approximate surface area is 120 Å². The van der Waals surface area contributed by atoms with E-state index < -0.39 is 31.6 Å². The van der Waals surface area contributed by atoms with Gasteiger partial charge in [0.25, 0.3) is 5.34 Å². The quantitative estimate of drug-likeness (QED) is 0.376. The van der Waals surface area contributed by atoms with Gasteiger partial charge in [-0.2, -0.15) is 0 Å². The van der Waals surface area contributed by atoms with E-state index in [2.05, 4.69) is 6.92 Å². The Hall–Kier alpha value is -1.00. The van der Waals surface area contributed by atoms with Gasteiger partial charge in [0.05, 0.1) is 0 Å². The van der Waals surface area contributed by atoms with E-state index in [1.165, 1.54) is 0 Å². The molecule has 0 aliphatic carbocycles. The molecule has 0 aromatic rings. The summed E-state index contributed by atoms with van der Waals surface area (Å²) < 4.78 is 11.3. The van der Waals surface area contributed by atoms with Crippen LogP contribution in [0.1, 0.15) is 58.3 Å². The molecule has 0 heterocycles. The fourth-order valence-electron chi connectivity index (χ4n) is 2.15. The number of rotatable bonds is 12. The lowest BCUT2D eigenvalue weighted by atomic mass is 9.91. The average molecular weight is 306 g/mol. The molecule has 0 bridgehead atoms. The van der Waals surface area contributed by atoms with E-state index in [0.29, 0.717) is 6.42 Å². The molecular formula is C13H25NO5P+. The molecule has 116 valence electrons. The molecule has 3 atom stereocenters. The van der Waals surface area contributed by atoms with Crippen LogP contribution in [-0.2, 0) is 14.2 Å². The Balaban J connectivity index is 4.55. The van der Waals surface area contributed by atoms with Crippen molar-refractivity contribution in [2.24, 2.45) is 11.7 Å². The molecule has 0 aromatic carbocycles. The summed E-state index contributed by atoms with van der Waals surface area (Å²) in [6.45, 7) is 2.08. The van der Waals surface area contributed by atoms with Crippen LogP contribution >= 0.6 is 8.46 Å². The first kappa shape index (κ1) is 19.0. The Morgan fingerprint density at radius 3 is 2.30 bits per heavy atom. The second kappa shape index (κ2) is 9.83. The maximum atomic E-state index is 11.3. The summed E-state index contributed by atoms with van der Waals surface area (Å²) in [6.07, 6.45) is 4.59. The largest absolute Gasteiger partial charge is 0.481 e. The summed E-state index contributed by atoms with van der Waals surface area (Å²) in [5.41, 5.74) is 4.99. The molecule has 0 saturated heterocycles. The van der Waals surface area contributed by atoms with Gasteiger partial charge in [-0.05, 0) is 12.8 Å². The third-order valence-electron chi connectivity index (χ3n) is 3.39. The second-order valence-electron chi connectivity index (χ2n) is 5.09. The molecular weight excluding hydrogens is 281 g/mol. The zero-order valence-corrected chi connectivity index (χ0v) is 12.9. The summed E-state index contributed by atoms with van der Waals surface area (Å²) in [5, 5.41) is 17.7. The second-order valence-corrected chi connectivity index (χ2v) is 6.16. The van der Waals surface area contributed by atoms with Crippen LogP contribution in [0.15, 0.2) is 0 Å². The Bertz CT molecular complexity index is 337. The fraction of sp³-hybridized carbons (Fsp3) is 0.846. The van der Waals surface area contributed by atoms with Crippen LogP contribution in [0.25, 0.3) is 0 Å². The molecule has 0 aliphatic rings. The fourth-order valence-corrected chi connectivity index (χ4v) is 2.84. The summed E-state index contributed by atoms with van der Waals surface area (Å²) in [6, 6.07) is 0. The van der Waals surface area contributed by atoms with Crippen molar-refractivity contribution in [1.82, 2.24) is 0 Å².